The number of carbonyl (C=O) groups is 3. The van der Waals surface area contributed by atoms with Gasteiger partial charge in [0.2, 0.25) is 0 Å². The molecule has 0 bridgehead atoms. The predicted molar refractivity (Wildman–Crippen MR) is 123 cm³/mol. The topological polar surface area (TPSA) is 125 Å². The molecule has 1 aliphatic rings. The molecule has 0 aliphatic heterocycles. The summed E-state index contributed by atoms with van der Waals surface area (Å²) in [5.74, 6) is -0.175. The van der Waals surface area contributed by atoms with Gasteiger partial charge in [-0.2, -0.15) is 4.80 Å². The smallest absolute Gasteiger partial charge is 0.408 e. The Morgan fingerprint density at radius 3 is 2.50 bits per heavy atom. The Morgan fingerprint density at radius 1 is 1.12 bits per heavy atom. The van der Waals surface area contributed by atoms with Crippen LogP contribution in [-0.2, 0) is 32.2 Å². The van der Waals surface area contributed by atoms with E-state index < -0.39 is 29.5 Å². The highest BCUT2D eigenvalue weighted by molar-refractivity contribution is 5.90. The zero-order chi connectivity index (χ0) is 24.6. The van der Waals surface area contributed by atoms with Gasteiger partial charge in [-0.05, 0) is 44.4 Å². The van der Waals surface area contributed by atoms with Crippen LogP contribution >= 0.6 is 0 Å². The normalized spacial score (nSPS) is 15.4. The maximum atomic E-state index is 13.0. The Bertz CT molecular complexity index is 964. The lowest BCUT2D eigenvalue weighted by atomic mass is 9.89. The zero-order valence-electron chi connectivity index (χ0n) is 20.0. The first kappa shape index (κ1) is 25.3. The van der Waals surface area contributed by atoms with Crippen LogP contribution < -0.4 is 5.32 Å². The fourth-order valence-electron chi connectivity index (χ4n) is 3.80. The molecule has 1 fully saturated rings. The second-order valence-electron chi connectivity index (χ2n) is 9.53. The van der Waals surface area contributed by atoms with E-state index in [0.29, 0.717) is 5.82 Å². The number of benzene rings is 1. The van der Waals surface area contributed by atoms with Crippen LogP contribution in [0.3, 0.4) is 0 Å². The molecule has 0 spiro atoms. The minimum Gasteiger partial charge on any atom is -0.460 e. The van der Waals surface area contributed by atoms with Crippen molar-refractivity contribution in [2.45, 2.75) is 90.0 Å². The molecule has 184 valence electrons. The van der Waals surface area contributed by atoms with Crippen molar-refractivity contribution < 1.29 is 23.9 Å². The fourth-order valence-corrected chi connectivity index (χ4v) is 3.80. The Balaban J connectivity index is 1.62. The maximum Gasteiger partial charge on any atom is 0.408 e. The molecule has 0 radical (unpaired) electrons. The fraction of sp³-hybridized carbons (Fsp3) is 0.583. The predicted octanol–water partition coefficient (Wildman–Crippen LogP) is 3.32. The van der Waals surface area contributed by atoms with Crippen LogP contribution in [0.1, 0.15) is 76.6 Å². The molecule has 1 aromatic heterocycles. The van der Waals surface area contributed by atoms with E-state index in [1.165, 1.54) is 11.2 Å². The zero-order valence-corrected chi connectivity index (χ0v) is 20.0. The van der Waals surface area contributed by atoms with Crippen molar-refractivity contribution in [3.63, 3.8) is 0 Å². The Kier molecular flexibility index (Phi) is 8.72. The van der Waals surface area contributed by atoms with Crippen molar-refractivity contribution in [3.05, 3.63) is 41.7 Å². The summed E-state index contributed by atoms with van der Waals surface area (Å²) in [7, 11) is 0. The molecule has 1 aliphatic carbocycles. The summed E-state index contributed by atoms with van der Waals surface area (Å²) in [6, 6.07) is 8.00. The van der Waals surface area contributed by atoms with Crippen LogP contribution in [0.2, 0.25) is 0 Å². The number of carbonyl (C=O) groups excluding carboxylic acids is 3. The van der Waals surface area contributed by atoms with Gasteiger partial charge in [0.25, 0.3) is 0 Å². The number of Topliss-reactive ketones (excluding diaryl/α,β-unsaturated/α-hetero) is 1. The number of ether oxygens (including phenoxy) is 2. The average Bonchev–Trinajstić information content (AvgIpc) is 3.26. The van der Waals surface area contributed by atoms with Crippen molar-refractivity contribution in [1.29, 1.82) is 0 Å². The highest BCUT2D eigenvalue weighted by Gasteiger charge is 2.29. The van der Waals surface area contributed by atoms with Crippen LogP contribution in [0.4, 0.5) is 4.79 Å². The van der Waals surface area contributed by atoms with Crippen LogP contribution in [-0.4, -0.2) is 49.7 Å². The number of alkyl carbamates (subject to hydrolysis) is 1. The number of hydrogen-bond donors (Lipinski definition) is 1. The first-order valence-electron chi connectivity index (χ1n) is 11.7. The van der Waals surface area contributed by atoms with Crippen molar-refractivity contribution in [2.24, 2.45) is 0 Å². The van der Waals surface area contributed by atoms with E-state index in [-0.39, 0.29) is 25.5 Å². The lowest BCUT2D eigenvalue weighted by Gasteiger charge is -2.22. The summed E-state index contributed by atoms with van der Waals surface area (Å²) in [5.41, 5.74) is 0.0793. The molecule has 1 N–H and O–H groups in total. The maximum absolute atomic E-state index is 13.0. The third-order valence-corrected chi connectivity index (χ3v) is 5.42. The second kappa shape index (κ2) is 11.7. The summed E-state index contributed by atoms with van der Waals surface area (Å²) < 4.78 is 10.5. The van der Waals surface area contributed by atoms with Gasteiger partial charge >= 0.3 is 12.1 Å². The molecule has 10 heteroatoms. The number of amides is 1. The largest absolute Gasteiger partial charge is 0.460 e. The number of nitrogens with one attached hydrogen (secondary N) is 1. The summed E-state index contributed by atoms with van der Waals surface area (Å²) in [5, 5.41) is 15.0. The van der Waals surface area contributed by atoms with E-state index in [2.05, 4.69) is 20.7 Å². The molecule has 1 aromatic carbocycles. The SMILES string of the molecule is CC(C)(C)OC(=O)CC(NC(=O)OCc1ccccc1)C(=O)Cn1nnc(C2CCCCC2)n1. The van der Waals surface area contributed by atoms with Crippen molar-refractivity contribution in [2.75, 3.05) is 0 Å². The molecule has 10 nitrogen and oxygen atoms in total. The highest BCUT2D eigenvalue weighted by atomic mass is 16.6. The third kappa shape index (κ3) is 8.24. The molecular formula is C24H33N5O5. The van der Waals surface area contributed by atoms with Crippen molar-refractivity contribution in [1.82, 2.24) is 25.5 Å². The number of hydrogen-bond acceptors (Lipinski definition) is 8. The van der Waals surface area contributed by atoms with Crippen molar-refractivity contribution in [3.8, 4) is 0 Å². The minimum absolute atomic E-state index is 0.0371. The molecule has 1 unspecified atom stereocenters. The number of rotatable bonds is 9. The number of aromatic nitrogens is 4. The van der Waals surface area contributed by atoms with Crippen LogP contribution in [0.15, 0.2) is 30.3 Å². The Morgan fingerprint density at radius 2 is 1.82 bits per heavy atom. The van der Waals surface area contributed by atoms with E-state index >= 15 is 0 Å². The van der Waals surface area contributed by atoms with Gasteiger partial charge in [0.15, 0.2) is 11.6 Å². The Labute approximate surface area is 199 Å². The van der Waals surface area contributed by atoms with Gasteiger partial charge in [0.05, 0.1) is 6.42 Å². The van der Waals surface area contributed by atoms with E-state index in [0.717, 1.165) is 31.2 Å². The van der Waals surface area contributed by atoms with Gasteiger partial charge in [-0.15, -0.1) is 10.2 Å². The molecule has 1 heterocycles. The molecule has 1 atom stereocenters. The summed E-state index contributed by atoms with van der Waals surface area (Å²) in [6.07, 6.45) is 4.35. The molecule has 1 saturated carbocycles. The molecule has 3 rings (SSSR count). The van der Waals surface area contributed by atoms with Crippen molar-refractivity contribution >= 4 is 17.8 Å². The highest BCUT2D eigenvalue weighted by Crippen LogP contribution is 2.30. The molecule has 0 saturated heterocycles. The van der Waals surface area contributed by atoms with E-state index in [9.17, 15) is 14.4 Å². The first-order chi connectivity index (χ1) is 16.2. The number of esters is 1. The summed E-state index contributed by atoms with van der Waals surface area (Å²) in [6.45, 7) is 5.00. The minimum atomic E-state index is -1.15. The second-order valence-corrected chi connectivity index (χ2v) is 9.53. The number of tetrazole rings is 1. The first-order valence-corrected chi connectivity index (χ1v) is 11.7. The molecular weight excluding hydrogens is 438 g/mol. The quantitative estimate of drug-likeness (QED) is 0.552. The van der Waals surface area contributed by atoms with Crippen LogP contribution in [0.25, 0.3) is 0 Å². The lowest BCUT2D eigenvalue weighted by Crippen LogP contribution is -2.45. The van der Waals surface area contributed by atoms with Gasteiger partial charge in [-0.1, -0.05) is 49.6 Å². The molecule has 1 amide bonds. The standard InChI is InChI=1S/C24H33N5O5/c1-24(2,3)34-21(31)14-19(25-23(32)33-16-17-10-6-4-7-11-17)20(30)15-29-27-22(26-28-29)18-12-8-5-9-13-18/h4,6-7,10-11,18-19H,5,8-9,12-16H2,1-3H3,(H,25,32). The van der Waals surface area contributed by atoms with E-state index in [4.69, 9.17) is 9.47 Å². The number of ketones is 1. The van der Waals surface area contributed by atoms with Gasteiger partial charge in [0, 0.05) is 5.92 Å². The van der Waals surface area contributed by atoms with Gasteiger partial charge in [-0.25, -0.2) is 4.79 Å². The molecule has 34 heavy (non-hydrogen) atoms. The average molecular weight is 472 g/mol. The lowest BCUT2D eigenvalue weighted by molar-refractivity contribution is -0.156. The Hall–Kier alpha value is -3.30. The molecule has 2 aromatic rings. The van der Waals surface area contributed by atoms with Gasteiger partial charge in [0.1, 0.15) is 24.8 Å². The van der Waals surface area contributed by atoms with Gasteiger partial charge < -0.3 is 14.8 Å². The summed E-state index contributed by atoms with van der Waals surface area (Å²) in [4.78, 5) is 39.0. The van der Waals surface area contributed by atoms with Crippen LogP contribution in [0, 0.1) is 0 Å². The van der Waals surface area contributed by atoms with Crippen LogP contribution in [0.5, 0.6) is 0 Å². The van der Waals surface area contributed by atoms with E-state index in [1.54, 1.807) is 20.8 Å². The van der Waals surface area contributed by atoms with E-state index in [1.807, 2.05) is 30.3 Å². The van der Waals surface area contributed by atoms with Gasteiger partial charge in [-0.3, -0.25) is 9.59 Å². The third-order valence-electron chi connectivity index (χ3n) is 5.42. The number of nitrogens with zero attached hydrogens (tertiary/aromatic N) is 4. The monoisotopic (exact) mass is 471 g/mol. The summed E-state index contributed by atoms with van der Waals surface area (Å²) >= 11 is 0.